The Morgan fingerprint density at radius 3 is 1.63 bits per heavy atom. The van der Waals surface area contributed by atoms with Crippen LogP contribution in [0.5, 0.6) is 23.0 Å². The third-order valence-corrected chi connectivity index (χ3v) is 7.13. The number of nitrogens with one attached hydrogen (secondary N) is 4. The molecule has 0 saturated carbocycles. The van der Waals surface area contributed by atoms with Gasteiger partial charge in [-0.25, -0.2) is 4.79 Å². The highest BCUT2D eigenvalue weighted by molar-refractivity contribution is 6.28. The van der Waals surface area contributed by atoms with E-state index in [0.717, 1.165) is 24.3 Å². The predicted molar refractivity (Wildman–Crippen MR) is 129 cm³/mol. The van der Waals surface area contributed by atoms with Gasteiger partial charge in [-0.05, 0) is 35.4 Å². The smallest absolute Gasteiger partial charge is 0.370 e. The van der Waals surface area contributed by atoms with Crippen LogP contribution in [-0.4, -0.2) is 72.8 Å². The van der Waals surface area contributed by atoms with E-state index in [1.165, 1.54) is 0 Å². The molecule has 0 aromatic heterocycles. The van der Waals surface area contributed by atoms with Crippen molar-refractivity contribution in [2.75, 3.05) is 0 Å². The molecule has 41 heavy (non-hydrogen) atoms. The van der Waals surface area contributed by atoms with E-state index >= 15 is 0 Å². The summed E-state index contributed by atoms with van der Waals surface area (Å²) in [6, 6.07) is 1.78. The van der Waals surface area contributed by atoms with Crippen molar-refractivity contribution in [3.05, 3.63) is 57.7 Å². The number of carbonyl (C=O) groups excluding carboxylic acids is 7. The van der Waals surface area contributed by atoms with Gasteiger partial charge in [-0.15, -0.1) is 0 Å². The van der Waals surface area contributed by atoms with E-state index in [-0.39, 0.29) is 11.1 Å². The first-order chi connectivity index (χ1) is 19.3. The van der Waals surface area contributed by atoms with Gasteiger partial charge in [0.1, 0.15) is 0 Å². The van der Waals surface area contributed by atoms with Gasteiger partial charge in [0, 0.05) is 0 Å². The summed E-state index contributed by atoms with van der Waals surface area (Å²) in [5.41, 5.74) is -8.66. The monoisotopic (exact) mass is 562 g/mol. The second kappa shape index (κ2) is 7.92. The number of fused-ring (bicyclic) bond motifs is 4. The Morgan fingerprint density at radius 1 is 0.561 bits per heavy atom. The predicted octanol–water partition coefficient (Wildman–Crippen LogP) is -1.76. The topological polar surface area (TPSA) is 258 Å². The number of hydrogen-bond acceptors (Lipinski definition) is 12. The van der Waals surface area contributed by atoms with Crippen LogP contribution in [0.1, 0.15) is 52.6 Å². The zero-order valence-corrected chi connectivity index (χ0v) is 20.0. The molecule has 2 unspecified atom stereocenters. The van der Waals surface area contributed by atoms with Gasteiger partial charge < -0.3 is 41.2 Å². The van der Waals surface area contributed by atoms with Crippen LogP contribution >= 0.6 is 0 Å². The minimum atomic E-state index is -3.45. The number of carbonyl (C=O) groups is 7. The van der Waals surface area contributed by atoms with Gasteiger partial charge in [0.05, 0.1) is 22.3 Å². The standard InChI is InChI=1S/C25H14N4O12/c30-11-3-1-7-5-9-15(32)17(34)13(7)21(38)26-24(11)23(40)41-29-20(37)10-6-8-2-4-12(31)25(24,27-19(9)36)28-22(39)14(8)18(35)16(10)33/h1-6,32-35H,(H,26,38)(H,27,36)(H,28,39)(H,29,37)/b3-1-,4-2-. The molecule has 2 aromatic rings. The second-order valence-electron chi connectivity index (χ2n) is 9.25. The average Bonchev–Trinajstić information content (AvgIpc) is 2.92. The normalized spacial score (nSPS) is 25.9. The SMILES string of the molecule is O=C1NOC(=O)C23NC(=O)c4c(cc(c(O)c4O)C(=O)NC24NC(=O)c2c(cc1c(O)c2O)/C=C\C4=O)/C=C\C3=O. The van der Waals surface area contributed by atoms with Crippen molar-refractivity contribution < 1.29 is 58.8 Å². The fraction of sp³-hybridized carbons (Fsp3) is 0.0800. The van der Waals surface area contributed by atoms with Crippen molar-refractivity contribution in [3.63, 3.8) is 0 Å². The number of hydrogen-bond donors (Lipinski definition) is 8. The Bertz CT molecular complexity index is 1810. The summed E-state index contributed by atoms with van der Waals surface area (Å²) in [4.78, 5) is 100.0. The number of rotatable bonds is 0. The molecule has 4 amide bonds. The Labute approximate surface area is 225 Å². The van der Waals surface area contributed by atoms with Crippen LogP contribution in [0.3, 0.4) is 0 Å². The maximum atomic E-state index is 13.9. The fourth-order valence-electron chi connectivity index (χ4n) is 5.12. The Morgan fingerprint density at radius 2 is 1.05 bits per heavy atom. The number of ketones is 2. The molecular formula is C25H14N4O12. The maximum absolute atomic E-state index is 13.9. The second-order valence-corrected chi connectivity index (χ2v) is 9.25. The van der Waals surface area contributed by atoms with Gasteiger partial charge >= 0.3 is 5.97 Å². The minimum Gasteiger partial charge on any atom is -0.504 e. The van der Waals surface area contributed by atoms with E-state index in [9.17, 15) is 54.0 Å². The molecule has 0 saturated heterocycles. The zero-order chi connectivity index (χ0) is 29.6. The molecule has 8 heterocycles. The summed E-state index contributed by atoms with van der Waals surface area (Å²) in [6.07, 6.45) is 3.11. The van der Waals surface area contributed by atoms with Gasteiger partial charge in [0.25, 0.3) is 29.2 Å². The number of aromatic hydroxyl groups is 4. The molecule has 0 aliphatic carbocycles. The van der Waals surface area contributed by atoms with Gasteiger partial charge in [-0.2, -0.15) is 5.48 Å². The summed E-state index contributed by atoms with van der Waals surface area (Å²) in [5.74, 6) is -15.1. The molecule has 2 aromatic carbocycles. The van der Waals surface area contributed by atoms with E-state index in [1.807, 2.05) is 16.0 Å². The summed E-state index contributed by atoms with van der Waals surface area (Å²) in [7, 11) is 0. The number of hydroxylamine groups is 1. The maximum Gasteiger partial charge on any atom is 0.370 e. The van der Waals surface area contributed by atoms with Crippen molar-refractivity contribution in [2.24, 2.45) is 0 Å². The van der Waals surface area contributed by atoms with Gasteiger partial charge in [-0.1, -0.05) is 12.2 Å². The average molecular weight is 562 g/mol. The van der Waals surface area contributed by atoms with Gasteiger partial charge in [0.2, 0.25) is 11.4 Å². The van der Waals surface area contributed by atoms with Crippen molar-refractivity contribution in [2.45, 2.75) is 11.2 Å². The summed E-state index contributed by atoms with van der Waals surface area (Å²) in [5, 5.41) is 48.2. The Balaban J connectivity index is 1.78. The van der Waals surface area contributed by atoms with Crippen molar-refractivity contribution >= 4 is 53.3 Å². The lowest BCUT2D eigenvalue weighted by molar-refractivity contribution is -0.166. The van der Waals surface area contributed by atoms with Crippen LogP contribution in [-0.2, 0) is 19.2 Å². The number of amides is 4. The highest BCUT2D eigenvalue weighted by Crippen LogP contribution is 2.42. The Kier molecular flexibility index (Phi) is 4.85. The first-order valence-electron chi connectivity index (χ1n) is 11.5. The zero-order valence-electron chi connectivity index (χ0n) is 20.0. The molecule has 8 aliphatic rings. The lowest BCUT2D eigenvalue weighted by Crippen LogP contribution is -2.86. The summed E-state index contributed by atoms with van der Waals surface area (Å²) < 4.78 is 0. The highest BCUT2D eigenvalue weighted by Gasteiger charge is 2.70. The van der Waals surface area contributed by atoms with Gasteiger partial charge in [-0.3, -0.25) is 28.8 Å². The number of phenols is 4. The number of benzene rings is 2. The van der Waals surface area contributed by atoms with Crippen LogP contribution in [0.2, 0.25) is 0 Å². The van der Waals surface area contributed by atoms with E-state index in [2.05, 4.69) is 0 Å². The van der Waals surface area contributed by atoms with Crippen LogP contribution in [0.4, 0.5) is 0 Å². The molecular weight excluding hydrogens is 548 g/mol. The molecule has 206 valence electrons. The fourth-order valence-corrected chi connectivity index (χ4v) is 5.12. The van der Waals surface area contributed by atoms with Crippen LogP contribution in [0.15, 0.2) is 24.3 Å². The minimum absolute atomic E-state index is 0.255. The van der Waals surface area contributed by atoms with Crippen molar-refractivity contribution in [1.29, 1.82) is 0 Å². The molecule has 0 radical (unpaired) electrons. The molecule has 16 heteroatoms. The number of phenolic OH excluding ortho intramolecular Hbond substituents is 4. The first-order valence-corrected chi connectivity index (χ1v) is 11.5. The molecule has 10 rings (SSSR count). The van der Waals surface area contributed by atoms with E-state index < -0.39 is 97.6 Å². The van der Waals surface area contributed by atoms with Gasteiger partial charge in [0.15, 0.2) is 28.8 Å². The first kappa shape index (κ1) is 25.1. The third kappa shape index (κ3) is 3.00. The quantitative estimate of drug-likeness (QED) is 0.131. The van der Waals surface area contributed by atoms with Crippen molar-refractivity contribution in [1.82, 2.24) is 21.4 Å². The lowest BCUT2D eigenvalue weighted by atomic mass is 9.73. The third-order valence-electron chi connectivity index (χ3n) is 7.13. The van der Waals surface area contributed by atoms with Crippen molar-refractivity contribution in [3.8, 4) is 23.0 Å². The van der Waals surface area contributed by atoms with Crippen LogP contribution in [0, 0.1) is 0 Å². The molecule has 2 atom stereocenters. The van der Waals surface area contributed by atoms with E-state index in [4.69, 9.17) is 4.84 Å². The molecule has 2 spiro atoms. The molecule has 0 fully saturated rings. The summed E-state index contributed by atoms with van der Waals surface area (Å²) >= 11 is 0. The molecule has 16 nitrogen and oxygen atoms in total. The molecule has 8 bridgehead atoms. The lowest BCUT2D eigenvalue weighted by Gasteiger charge is -2.47. The highest BCUT2D eigenvalue weighted by atomic mass is 16.7. The molecule has 8 aliphatic heterocycles. The van der Waals surface area contributed by atoms with E-state index in [1.54, 1.807) is 5.48 Å². The largest absolute Gasteiger partial charge is 0.504 e. The van der Waals surface area contributed by atoms with Crippen LogP contribution < -0.4 is 21.4 Å². The molecule has 8 N–H and O–H groups in total. The Hall–Kier alpha value is -6.19. The summed E-state index contributed by atoms with van der Waals surface area (Å²) in [6.45, 7) is 0. The van der Waals surface area contributed by atoms with E-state index in [0.29, 0.717) is 12.2 Å². The van der Waals surface area contributed by atoms with Crippen LogP contribution in [0.25, 0.3) is 12.2 Å².